The fraction of sp³-hybridized carbons (Fsp3) is 0. The van der Waals surface area contributed by atoms with Gasteiger partial charge in [-0.25, -0.2) is 0 Å². The van der Waals surface area contributed by atoms with Crippen molar-refractivity contribution in [3.05, 3.63) is 72.8 Å². The van der Waals surface area contributed by atoms with Crippen molar-refractivity contribution in [1.82, 2.24) is 0 Å². The summed E-state index contributed by atoms with van der Waals surface area (Å²) in [6.45, 7) is 0. The van der Waals surface area contributed by atoms with E-state index in [1.54, 1.807) is 0 Å². The maximum Gasteiger partial charge on any atom is 0.0874 e. The molecular formula is C16H13N3. The first-order chi connectivity index (χ1) is 9.42. The molecule has 0 radical (unpaired) electrons. The smallest absolute Gasteiger partial charge is 0.0874 e. The summed E-state index contributed by atoms with van der Waals surface area (Å²) in [6.07, 6.45) is 0. The van der Waals surface area contributed by atoms with Crippen LogP contribution in [0.25, 0.3) is 10.8 Å². The highest BCUT2D eigenvalue weighted by molar-refractivity contribution is 5.85. The van der Waals surface area contributed by atoms with Gasteiger partial charge in [0.1, 0.15) is 0 Å². The lowest BCUT2D eigenvalue weighted by Gasteiger charge is -2.01. The Morgan fingerprint density at radius 1 is 0.684 bits per heavy atom. The van der Waals surface area contributed by atoms with Gasteiger partial charge in [0, 0.05) is 0 Å². The van der Waals surface area contributed by atoms with Crippen molar-refractivity contribution in [2.24, 2.45) is 10.3 Å². The van der Waals surface area contributed by atoms with Crippen molar-refractivity contribution in [1.29, 1.82) is 0 Å². The molecule has 0 amide bonds. The largest absolute Gasteiger partial charge is 0.260 e. The van der Waals surface area contributed by atoms with Crippen molar-refractivity contribution >= 4 is 22.1 Å². The van der Waals surface area contributed by atoms with Gasteiger partial charge in [-0.3, -0.25) is 5.43 Å². The first-order valence-electron chi connectivity index (χ1n) is 6.12. The second-order valence-electron chi connectivity index (χ2n) is 4.21. The highest BCUT2D eigenvalue weighted by Crippen LogP contribution is 2.19. The molecule has 3 aromatic carbocycles. The maximum absolute atomic E-state index is 4.10. The van der Waals surface area contributed by atoms with Crippen LogP contribution in [0.15, 0.2) is 83.1 Å². The van der Waals surface area contributed by atoms with Gasteiger partial charge in [-0.05, 0) is 35.0 Å². The summed E-state index contributed by atoms with van der Waals surface area (Å²) in [5, 5.41) is 10.5. The van der Waals surface area contributed by atoms with Crippen LogP contribution < -0.4 is 5.43 Å². The van der Waals surface area contributed by atoms with Crippen molar-refractivity contribution in [3.63, 3.8) is 0 Å². The lowest BCUT2D eigenvalue weighted by Crippen LogP contribution is -1.86. The molecule has 3 nitrogen and oxygen atoms in total. The van der Waals surface area contributed by atoms with Crippen LogP contribution in [-0.2, 0) is 0 Å². The topological polar surface area (TPSA) is 36.8 Å². The fourth-order valence-corrected chi connectivity index (χ4v) is 1.89. The number of anilines is 1. The van der Waals surface area contributed by atoms with Crippen molar-refractivity contribution in [2.45, 2.75) is 0 Å². The molecule has 0 bridgehead atoms. The van der Waals surface area contributed by atoms with Gasteiger partial charge in [-0.2, -0.15) is 0 Å². The monoisotopic (exact) mass is 247 g/mol. The van der Waals surface area contributed by atoms with Gasteiger partial charge in [-0.15, -0.1) is 5.11 Å². The molecule has 0 aliphatic rings. The average molecular weight is 247 g/mol. The van der Waals surface area contributed by atoms with Crippen LogP contribution in [0.3, 0.4) is 0 Å². The maximum atomic E-state index is 4.10. The molecular weight excluding hydrogens is 234 g/mol. The van der Waals surface area contributed by atoms with Gasteiger partial charge in [0.25, 0.3) is 0 Å². The number of hydrogen-bond acceptors (Lipinski definition) is 2. The molecule has 0 saturated heterocycles. The van der Waals surface area contributed by atoms with Crippen molar-refractivity contribution in [2.75, 3.05) is 5.43 Å². The molecule has 0 atom stereocenters. The summed E-state index contributed by atoms with van der Waals surface area (Å²) in [5.41, 5.74) is 4.70. The van der Waals surface area contributed by atoms with Crippen LogP contribution in [0, 0.1) is 0 Å². The Hall–Kier alpha value is -2.68. The molecule has 0 saturated carbocycles. The summed E-state index contributed by atoms with van der Waals surface area (Å²) in [7, 11) is 0. The second kappa shape index (κ2) is 5.31. The van der Waals surface area contributed by atoms with E-state index < -0.39 is 0 Å². The number of rotatable bonds is 3. The van der Waals surface area contributed by atoms with Crippen molar-refractivity contribution in [3.8, 4) is 0 Å². The van der Waals surface area contributed by atoms with Crippen LogP contribution in [0.4, 0.5) is 11.4 Å². The molecule has 0 fully saturated rings. The van der Waals surface area contributed by atoms with Crippen LogP contribution in [0.1, 0.15) is 0 Å². The van der Waals surface area contributed by atoms with E-state index in [2.05, 4.69) is 40.0 Å². The molecule has 0 aliphatic heterocycles. The van der Waals surface area contributed by atoms with Crippen LogP contribution in [0.5, 0.6) is 0 Å². The van der Waals surface area contributed by atoms with E-state index in [0.717, 1.165) is 11.4 Å². The van der Waals surface area contributed by atoms with E-state index in [0.29, 0.717) is 0 Å². The minimum atomic E-state index is 0.829. The Labute approximate surface area is 111 Å². The molecule has 19 heavy (non-hydrogen) atoms. The fourth-order valence-electron chi connectivity index (χ4n) is 1.89. The lowest BCUT2D eigenvalue weighted by atomic mass is 10.1. The standard InChI is InChI=1S/C16H13N3/c1-2-8-15(9-3-1)17-19-18-16-11-10-13-6-4-5-7-14(13)12-16/h1-12H,(H,17,18). The number of nitrogens with zero attached hydrogens (tertiary/aromatic N) is 2. The minimum Gasteiger partial charge on any atom is -0.260 e. The zero-order valence-electron chi connectivity index (χ0n) is 10.3. The predicted octanol–water partition coefficient (Wildman–Crippen LogP) is 4.95. The third-order valence-corrected chi connectivity index (χ3v) is 2.85. The lowest BCUT2D eigenvalue weighted by molar-refractivity contribution is 1.13. The van der Waals surface area contributed by atoms with E-state index in [4.69, 9.17) is 0 Å². The Balaban J connectivity index is 1.77. The third-order valence-electron chi connectivity index (χ3n) is 2.85. The van der Waals surface area contributed by atoms with Gasteiger partial charge >= 0.3 is 0 Å². The number of fused-ring (bicyclic) bond motifs is 1. The van der Waals surface area contributed by atoms with Gasteiger partial charge < -0.3 is 0 Å². The van der Waals surface area contributed by atoms with Crippen molar-refractivity contribution < 1.29 is 0 Å². The van der Waals surface area contributed by atoms with E-state index in [1.165, 1.54) is 10.8 Å². The molecule has 0 aliphatic carbocycles. The van der Waals surface area contributed by atoms with E-state index >= 15 is 0 Å². The van der Waals surface area contributed by atoms with E-state index in [-0.39, 0.29) is 0 Å². The number of benzene rings is 3. The molecule has 1 N–H and O–H groups in total. The van der Waals surface area contributed by atoms with Gasteiger partial charge in [0.2, 0.25) is 0 Å². The zero-order valence-corrected chi connectivity index (χ0v) is 10.3. The first-order valence-corrected chi connectivity index (χ1v) is 6.12. The highest BCUT2D eigenvalue weighted by Gasteiger charge is 1.94. The molecule has 0 aromatic heterocycles. The molecule has 0 heterocycles. The highest BCUT2D eigenvalue weighted by atomic mass is 15.4. The summed E-state index contributed by atoms with van der Waals surface area (Å²) in [6, 6.07) is 24.0. The third kappa shape index (κ3) is 2.77. The Kier molecular flexibility index (Phi) is 3.19. The summed E-state index contributed by atoms with van der Waals surface area (Å²) in [4.78, 5) is 0. The normalized spacial score (nSPS) is 10.9. The second-order valence-corrected chi connectivity index (χ2v) is 4.21. The zero-order chi connectivity index (χ0) is 12.9. The van der Waals surface area contributed by atoms with Crippen LogP contribution in [-0.4, -0.2) is 0 Å². The number of hydrogen-bond donors (Lipinski definition) is 1. The van der Waals surface area contributed by atoms with Gasteiger partial charge in [0.05, 0.1) is 11.4 Å². The van der Waals surface area contributed by atoms with Gasteiger partial charge in [0.15, 0.2) is 0 Å². The summed E-state index contributed by atoms with van der Waals surface area (Å²) >= 11 is 0. The van der Waals surface area contributed by atoms with E-state index in [1.807, 2.05) is 48.5 Å². The summed E-state index contributed by atoms with van der Waals surface area (Å²) in [5.74, 6) is 0. The molecule has 3 aromatic rings. The molecule has 3 heteroatoms. The SMILES string of the molecule is c1ccc(N=NNc2ccc3ccccc3c2)cc1. The molecule has 0 spiro atoms. The Morgan fingerprint density at radius 3 is 2.26 bits per heavy atom. The molecule has 3 rings (SSSR count). The number of nitrogens with one attached hydrogen (secondary N) is 1. The Morgan fingerprint density at radius 2 is 1.42 bits per heavy atom. The molecule has 92 valence electrons. The minimum absolute atomic E-state index is 0.829. The van der Waals surface area contributed by atoms with Gasteiger partial charge in [-0.1, -0.05) is 53.8 Å². The quantitative estimate of drug-likeness (QED) is 0.516. The van der Waals surface area contributed by atoms with Crippen LogP contribution >= 0.6 is 0 Å². The average Bonchev–Trinajstić information content (AvgIpc) is 2.48. The van der Waals surface area contributed by atoms with Crippen LogP contribution in [0.2, 0.25) is 0 Å². The first kappa shape index (κ1) is 11.4. The van der Waals surface area contributed by atoms with E-state index in [9.17, 15) is 0 Å². The predicted molar refractivity (Wildman–Crippen MR) is 78.5 cm³/mol. The molecule has 0 unspecified atom stereocenters. The Bertz CT molecular complexity index is 705. The summed E-state index contributed by atoms with van der Waals surface area (Å²) < 4.78 is 0.